The first-order chi connectivity index (χ1) is 13.3. The third kappa shape index (κ3) is 9.22. The van der Waals surface area contributed by atoms with E-state index < -0.39 is 0 Å². The molecule has 2 rings (SSSR count). The van der Waals surface area contributed by atoms with E-state index >= 15 is 0 Å². The second kappa shape index (κ2) is 13.5. The second-order valence-electron chi connectivity index (χ2n) is 6.93. The molecule has 1 aliphatic heterocycles. The molecule has 0 amide bonds. The van der Waals surface area contributed by atoms with Crippen LogP contribution in [0.3, 0.4) is 0 Å². The number of unbranched alkanes of at least 4 members (excludes halogenated alkanes) is 1. The monoisotopic (exact) mass is 375 g/mol. The quantitative estimate of drug-likeness (QED) is 0.351. The summed E-state index contributed by atoms with van der Waals surface area (Å²) >= 11 is 0. The SMILES string of the molecule is CCOCCCCNC(=NC)NCCN1CCN(Cc2ccccc2)CC1. The van der Waals surface area contributed by atoms with Crippen molar-refractivity contribution in [3.8, 4) is 0 Å². The molecule has 0 radical (unpaired) electrons. The smallest absolute Gasteiger partial charge is 0.191 e. The van der Waals surface area contributed by atoms with E-state index in [1.807, 2.05) is 14.0 Å². The van der Waals surface area contributed by atoms with Gasteiger partial charge in [-0.05, 0) is 25.3 Å². The van der Waals surface area contributed by atoms with Crippen LogP contribution in [-0.4, -0.2) is 81.8 Å². The van der Waals surface area contributed by atoms with Gasteiger partial charge in [-0.1, -0.05) is 30.3 Å². The highest BCUT2D eigenvalue weighted by Crippen LogP contribution is 2.07. The molecule has 1 heterocycles. The summed E-state index contributed by atoms with van der Waals surface area (Å²) in [6, 6.07) is 10.8. The molecule has 1 saturated heterocycles. The van der Waals surface area contributed by atoms with Crippen LogP contribution in [0.5, 0.6) is 0 Å². The van der Waals surface area contributed by atoms with E-state index in [1.54, 1.807) is 0 Å². The molecule has 0 unspecified atom stereocenters. The van der Waals surface area contributed by atoms with E-state index in [-0.39, 0.29) is 0 Å². The Hall–Kier alpha value is -1.63. The van der Waals surface area contributed by atoms with Crippen molar-refractivity contribution in [3.05, 3.63) is 35.9 Å². The van der Waals surface area contributed by atoms with Crippen molar-refractivity contribution in [3.63, 3.8) is 0 Å². The lowest BCUT2D eigenvalue weighted by Gasteiger charge is -2.34. The molecule has 27 heavy (non-hydrogen) atoms. The van der Waals surface area contributed by atoms with Gasteiger partial charge in [-0.25, -0.2) is 0 Å². The number of benzene rings is 1. The van der Waals surface area contributed by atoms with Crippen LogP contribution in [0.15, 0.2) is 35.3 Å². The molecular weight excluding hydrogens is 338 g/mol. The lowest BCUT2D eigenvalue weighted by molar-refractivity contribution is 0.129. The maximum atomic E-state index is 5.36. The first kappa shape index (κ1) is 21.7. The van der Waals surface area contributed by atoms with E-state index in [0.29, 0.717) is 0 Å². The van der Waals surface area contributed by atoms with Gasteiger partial charge in [0.05, 0.1) is 0 Å². The van der Waals surface area contributed by atoms with Crippen molar-refractivity contribution < 1.29 is 4.74 Å². The molecule has 2 N–H and O–H groups in total. The fraction of sp³-hybridized carbons (Fsp3) is 0.667. The Morgan fingerprint density at radius 3 is 2.41 bits per heavy atom. The van der Waals surface area contributed by atoms with Gasteiger partial charge in [-0.15, -0.1) is 0 Å². The molecule has 152 valence electrons. The largest absolute Gasteiger partial charge is 0.382 e. The Kier molecular flexibility index (Phi) is 10.9. The molecule has 0 aromatic heterocycles. The zero-order valence-electron chi connectivity index (χ0n) is 17.1. The van der Waals surface area contributed by atoms with Gasteiger partial charge in [0.15, 0.2) is 5.96 Å². The Morgan fingerprint density at radius 2 is 1.70 bits per heavy atom. The molecule has 6 nitrogen and oxygen atoms in total. The van der Waals surface area contributed by atoms with Gasteiger partial charge in [-0.3, -0.25) is 14.8 Å². The van der Waals surface area contributed by atoms with Crippen LogP contribution in [-0.2, 0) is 11.3 Å². The summed E-state index contributed by atoms with van der Waals surface area (Å²) in [5.74, 6) is 0.897. The number of guanidine groups is 1. The Balaban J connectivity index is 1.52. The average molecular weight is 376 g/mol. The molecule has 0 saturated carbocycles. The summed E-state index contributed by atoms with van der Waals surface area (Å²) in [6.07, 6.45) is 2.19. The van der Waals surface area contributed by atoms with Gasteiger partial charge >= 0.3 is 0 Å². The van der Waals surface area contributed by atoms with Crippen LogP contribution in [0.4, 0.5) is 0 Å². The highest BCUT2D eigenvalue weighted by atomic mass is 16.5. The van der Waals surface area contributed by atoms with Crippen LogP contribution < -0.4 is 10.6 Å². The van der Waals surface area contributed by atoms with Crippen molar-refractivity contribution in [2.75, 3.05) is 66.1 Å². The highest BCUT2D eigenvalue weighted by Gasteiger charge is 2.16. The van der Waals surface area contributed by atoms with E-state index in [2.05, 4.69) is 55.8 Å². The summed E-state index contributed by atoms with van der Waals surface area (Å²) in [6.45, 7) is 12.2. The molecule has 0 bridgehead atoms. The summed E-state index contributed by atoms with van der Waals surface area (Å²) in [5.41, 5.74) is 1.41. The van der Waals surface area contributed by atoms with Crippen LogP contribution >= 0.6 is 0 Å². The van der Waals surface area contributed by atoms with Gasteiger partial charge in [0.2, 0.25) is 0 Å². The fourth-order valence-electron chi connectivity index (χ4n) is 3.25. The molecule has 1 aromatic rings. The van der Waals surface area contributed by atoms with Gasteiger partial charge < -0.3 is 15.4 Å². The van der Waals surface area contributed by atoms with Crippen molar-refractivity contribution in [1.82, 2.24) is 20.4 Å². The van der Waals surface area contributed by atoms with Gasteiger partial charge in [0.25, 0.3) is 0 Å². The first-order valence-corrected chi connectivity index (χ1v) is 10.3. The maximum Gasteiger partial charge on any atom is 0.191 e. The average Bonchev–Trinajstić information content (AvgIpc) is 2.71. The van der Waals surface area contributed by atoms with E-state index in [1.165, 1.54) is 5.56 Å². The minimum absolute atomic E-state index is 0.803. The lowest BCUT2D eigenvalue weighted by Crippen LogP contribution is -2.49. The molecule has 1 aliphatic rings. The van der Waals surface area contributed by atoms with E-state index in [9.17, 15) is 0 Å². The zero-order chi connectivity index (χ0) is 19.2. The second-order valence-corrected chi connectivity index (χ2v) is 6.93. The number of nitrogens with zero attached hydrogens (tertiary/aromatic N) is 3. The van der Waals surface area contributed by atoms with Crippen LogP contribution in [0, 0.1) is 0 Å². The third-order valence-corrected chi connectivity index (χ3v) is 4.87. The van der Waals surface area contributed by atoms with Crippen molar-refractivity contribution >= 4 is 5.96 Å². The fourth-order valence-corrected chi connectivity index (χ4v) is 3.25. The predicted molar refractivity (Wildman–Crippen MR) is 113 cm³/mol. The minimum atomic E-state index is 0.803. The number of hydrogen-bond acceptors (Lipinski definition) is 4. The lowest BCUT2D eigenvalue weighted by atomic mass is 10.2. The molecule has 0 atom stereocenters. The van der Waals surface area contributed by atoms with Gasteiger partial charge in [-0.2, -0.15) is 0 Å². The first-order valence-electron chi connectivity index (χ1n) is 10.3. The number of piperazine rings is 1. The minimum Gasteiger partial charge on any atom is -0.382 e. The normalized spacial score (nSPS) is 16.4. The summed E-state index contributed by atoms with van der Waals surface area (Å²) in [5, 5.41) is 6.80. The number of ether oxygens (including phenoxy) is 1. The molecule has 1 aromatic carbocycles. The van der Waals surface area contributed by atoms with Gasteiger partial charge in [0.1, 0.15) is 0 Å². The third-order valence-electron chi connectivity index (χ3n) is 4.87. The molecule has 0 aliphatic carbocycles. The number of aliphatic imine (C=N–C) groups is 1. The highest BCUT2D eigenvalue weighted by molar-refractivity contribution is 5.79. The number of rotatable bonds is 11. The Labute approximate surface area is 165 Å². The Bertz CT molecular complexity index is 515. The standard InChI is InChI=1S/C21H37N5O/c1-3-27-18-8-7-11-23-21(22-2)24-12-13-25-14-16-26(17-15-25)19-20-9-5-4-6-10-20/h4-6,9-10H,3,7-8,11-19H2,1-2H3,(H2,22,23,24). The molecule has 1 fully saturated rings. The summed E-state index contributed by atoms with van der Waals surface area (Å²) in [4.78, 5) is 9.38. The molecule has 6 heteroatoms. The van der Waals surface area contributed by atoms with E-state index in [4.69, 9.17) is 4.74 Å². The Morgan fingerprint density at radius 1 is 1.00 bits per heavy atom. The van der Waals surface area contributed by atoms with Crippen molar-refractivity contribution in [1.29, 1.82) is 0 Å². The summed E-state index contributed by atoms with van der Waals surface area (Å²) in [7, 11) is 1.83. The summed E-state index contributed by atoms with van der Waals surface area (Å²) < 4.78 is 5.36. The van der Waals surface area contributed by atoms with Gasteiger partial charge in [0, 0.05) is 72.6 Å². The number of hydrogen-bond donors (Lipinski definition) is 2. The molecular formula is C21H37N5O. The van der Waals surface area contributed by atoms with Crippen molar-refractivity contribution in [2.45, 2.75) is 26.3 Å². The maximum absolute atomic E-state index is 5.36. The van der Waals surface area contributed by atoms with E-state index in [0.717, 1.165) is 84.4 Å². The number of nitrogens with one attached hydrogen (secondary N) is 2. The topological polar surface area (TPSA) is 52.1 Å². The predicted octanol–water partition coefficient (Wildman–Crippen LogP) is 1.79. The van der Waals surface area contributed by atoms with Crippen LogP contribution in [0.1, 0.15) is 25.3 Å². The van der Waals surface area contributed by atoms with Crippen LogP contribution in [0.25, 0.3) is 0 Å². The molecule has 0 spiro atoms. The zero-order valence-corrected chi connectivity index (χ0v) is 17.1. The van der Waals surface area contributed by atoms with Crippen LogP contribution in [0.2, 0.25) is 0 Å². The van der Waals surface area contributed by atoms with Crippen molar-refractivity contribution in [2.24, 2.45) is 4.99 Å².